The summed E-state index contributed by atoms with van der Waals surface area (Å²) in [6, 6.07) is 4.60. The average molecular weight is 342 g/mol. The number of alkyl halides is 3. The second-order valence-corrected chi connectivity index (χ2v) is 5.84. The van der Waals surface area contributed by atoms with E-state index in [0.717, 1.165) is 18.6 Å². The molecule has 0 radical (unpaired) electrons. The van der Waals surface area contributed by atoms with Gasteiger partial charge in [-0.25, -0.2) is 0 Å². The first-order chi connectivity index (χ1) is 11.2. The highest BCUT2D eigenvalue weighted by atomic mass is 19.4. The molecule has 24 heavy (non-hydrogen) atoms. The standard InChI is InChI=1S/C17H21F3N2O2/c1-4-7-22-16(23)15(8-11(2)3)24-13-6-5-12(10-21)14(9-13)17(18,19)20/h5-6,9,11,15H,4,7-8H2,1-3H3,(H,22,23). The molecule has 7 heteroatoms. The van der Waals surface area contributed by atoms with Gasteiger partial charge in [0.15, 0.2) is 6.10 Å². The summed E-state index contributed by atoms with van der Waals surface area (Å²) in [4.78, 5) is 12.1. The molecule has 0 aliphatic heterocycles. The van der Waals surface area contributed by atoms with Crippen LogP contribution in [0.3, 0.4) is 0 Å². The van der Waals surface area contributed by atoms with Gasteiger partial charge in [-0.05, 0) is 37.0 Å². The van der Waals surface area contributed by atoms with Crippen molar-refractivity contribution in [2.24, 2.45) is 5.92 Å². The second-order valence-electron chi connectivity index (χ2n) is 5.84. The number of hydrogen-bond acceptors (Lipinski definition) is 3. The van der Waals surface area contributed by atoms with Crippen LogP contribution < -0.4 is 10.1 Å². The number of carbonyl (C=O) groups excluding carboxylic acids is 1. The lowest BCUT2D eigenvalue weighted by molar-refractivity contribution is -0.137. The number of nitriles is 1. The van der Waals surface area contributed by atoms with Crippen molar-refractivity contribution < 1.29 is 22.7 Å². The number of rotatable bonds is 7. The predicted molar refractivity (Wildman–Crippen MR) is 83.3 cm³/mol. The largest absolute Gasteiger partial charge is 0.481 e. The van der Waals surface area contributed by atoms with Crippen molar-refractivity contribution in [2.45, 2.75) is 45.9 Å². The Morgan fingerprint density at radius 1 is 1.38 bits per heavy atom. The zero-order valence-electron chi connectivity index (χ0n) is 13.9. The van der Waals surface area contributed by atoms with E-state index >= 15 is 0 Å². The van der Waals surface area contributed by atoms with Gasteiger partial charge in [0, 0.05) is 6.54 Å². The molecule has 0 aliphatic rings. The molecule has 0 aliphatic carbocycles. The molecule has 132 valence electrons. The number of halogens is 3. The molecule has 4 nitrogen and oxygen atoms in total. The maximum absolute atomic E-state index is 13.0. The molecule has 0 heterocycles. The third-order valence-corrected chi connectivity index (χ3v) is 3.22. The van der Waals surface area contributed by atoms with Gasteiger partial charge in [0.25, 0.3) is 5.91 Å². The van der Waals surface area contributed by atoms with E-state index in [1.54, 1.807) is 0 Å². The van der Waals surface area contributed by atoms with Crippen molar-refractivity contribution in [2.75, 3.05) is 6.54 Å². The number of nitrogens with one attached hydrogen (secondary N) is 1. The van der Waals surface area contributed by atoms with E-state index in [9.17, 15) is 18.0 Å². The summed E-state index contributed by atoms with van der Waals surface area (Å²) >= 11 is 0. The van der Waals surface area contributed by atoms with Crippen LogP contribution in [0.4, 0.5) is 13.2 Å². The minimum absolute atomic E-state index is 0.0846. The quantitative estimate of drug-likeness (QED) is 0.817. The van der Waals surface area contributed by atoms with E-state index in [1.807, 2.05) is 20.8 Å². The monoisotopic (exact) mass is 342 g/mol. The van der Waals surface area contributed by atoms with Crippen molar-refractivity contribution in [3.8, 4) is 11.8 Å². The minimum Gasteiger partial charge on any atom is -0.481 e. The lowest BCUT2D eigenvalue weighted by Crippen LogP contribution is -2.39. The summed E-state index contributed by atoms with van der Waals surface area (Å²) in [7, 11) is 0. The van der Waals surface area contributed by atoms with Gasteiger partial charge in [-0.3, -0.25) is 4.79 Å². The van der Waals surface area contributed by atoms with Crippen molar-refractivity contribution in [3.63, 3.8) is 0 Å². The van der Waals surface area contributed by atoms with Crippen LogP contribution in [0.5, 0.6) is 5.75 Å². The number of hydrogen-bond donors (Lipinski definition) is 1. The summed E-state index contributed by atoms with van der Waals surface area (Å²) in [5.74, 6) is -0.315. The first-order valence-corrected chi connectivity index (χ1v) is 7.74. The van der Waals surface area contributed by atoms with Gasteiger partial charge in [0.1, 0.15) is 5.75 Å². The van der Waals surface area contributed by atoms with Crippen molar-refractivity contribution in [1.82, 2.24) is 5.32 Å². The summed E-state index contributed by atoms with van der Waals surface area (Å²) in [6.45, 7) is 6.15. The fourth-order valence-electron chi connectivity index (χ4n) is 2.09. The number of amides is 1. The number of nitrogens with zero attached hydrogens (tertiary/aromatic N) is 1. The van der Waals surface area contributed by atoms with E-state index in [2.05, 4.69) is 5.32 Å². The molecule has 0 aromatic heterocycles. The van der Waals surface area contributed by atoms with Crippen LogP contribution in [0.15, 0.2) is 18.2 Å². The Bertz CT molecular complexity index is 607. The lowest BCUT2D eigenvalue weighted by atomic mass is 10.0. The van der Waals surface area contributed by atoms with E-state index < -0.39 is 23.4 Å². The van der Waals surface area contributed by atoms with Gasteiger partial charge in [0.2, 0.25) is 0 Å². The van der Waals surface area contributed by atoms with E-state index in [-0.39, 0.29) is 17.6 Å². The Balaban J connectivity index is 3.05. The molecular formula is C17H21F3N2O2. The lowest BCUT2D eigenvalue weighted by Gasteiger charge is -2.21. The first-order valence-electron chi connectivity index (χ1n) is 7.74. The van der Waals surface area contributed by atoms with Crippen LogP contribution in [0.2, 0.25) is 0 Å². The van der Waals surface area contributed by atoms with Crippen LogP contribution in [-0.4, -0.2) is 18.6 Å². The molecule has 1 atom stereocenters. The minimum atomic E-state index is -4.66. The summed E-state index contributed by atoms with van der Waals surface area (Å²) in [5, 5.41) is 11.5. The number of benzene rings is 1. The molecule has 0 bridgehead atoms. The normalized spacial score (nSPS) is 12.6. The van der Waals surface area contributed by atoms with Crippen LogP contribution in [0.1, 0.15) is 44.7 Å². The van der Waals surface area contributed by atoms with Crippen molar-refractivity contribution >= 4 is 5.91 Å². The highest BCUT2D eigenvalue weighted by Crippen LogP contribution is 2.34. The van der Waals surface area contributed by atoms with Gasteiger partial charge < -0.3 is 10.1 Å². The molecule has 1 amide bonds. The predicted octanol–water partition coefficient (Wildman–Crippen LogP) is 3.90. The molecule has 1 unspecified atom stereocenters. The Labute approximate surface area is 139 Å². The summed E-state index contributed by atoms with van der Waals surface area (Å²) in [6.07, 6.45) is -4.43. The van der Waals surface area contributed by atoms with Gasteiger partial charge in [-0.15, -0.1) is 0 Å². The molecular weight excluding hydrogens is 321 g/mol. The van der Waals surface area contributed by atoms with Crippen LogP contribution in [0.25, 0.3) is 0 Å². The molecule has 1 aromatic rings. The van der Waals surface area contributed by atoms with Crippen LogP contribution in [-0.2, 0) is 11.0 Å². The van der Waals surface area contributed by atoms with Crippen molar-refractivity contribution in [1.29, 1.82) is 5.26 Å². The fourth-order valence-corrected chi connectivity index (χ4v) is 2.09. The van der Waals surface area contributed by atoms with Crippen LogP contribution in [0, 0.1) is 17.2 Å². The molecule has 0 fully saturated rings. The van der Waals surface area contributed by atoms with Gasteiger partial charge >= 0.3 is 6.18 Å². The third kappa shape index (κ3) is 5.76. The second kappa shape index (κ2) is 8.57. The van der Waals surface area contributed by atoms with Crippen LogP contribution >= 0.6 is 0 Å². The summed E-state index contributed by atoms with van der Waals surface area (Å²) in [5.41, 5.74) is -1.55. The molecule has 0 saturated heterocycles. The highest BCUT2D eigenvalue weighted by Gasteiger charge is 2.34. The van der Waals surface area contributed by atoms with E-state index in [4.69, 9.17) is 10.00 Å². The third-order valence-electron chi connectivity index (χ3n) is 3.22. The highest BCUT2D eigenvalue weighted by molar-refractivity contribution is 5.81. The molecule has 0 saturated carbocycles. The molecule has 1 N–H and O–H groups in total. The van der Waals surface area contributed by atoms with E-state index in [1.165, 1.54) is 12.1 Å². The zero-order chi connectivity index (χ0) is 18.3. The average Bonchev–Trinajstić information content (AvgIpc) is 2.50. The van der Waals surface area contributed by atoms with E-state index in [0.29, 0.717) is 13.0 Å². The van der Waals surface area contributed by atoms with Gasteiger partial charge in [-0.2, -0.15) is 18.4 Å². The van der Waals surface area contributed by atoms with Gasteiger partial charge in [0.05, 0.1) is 17.2 Å². The SMILES string of the molecule is CCCNC(=O)C(CC(C)C)Oc1ccc(C#N)c(C(F)(F)F)c1. The number of ether oxygens (including phenoxy) is 1. The maximum atomic E-state index is 13.0. The first kappa shape index (κ1) is 19.8. The smallest absolute Gasteiger partial charge is 0.417 e. The fraction of sp³-hybridized carbons (Fsp3) is 0.529. The summed E-state index contributed by atoms with van der Waals surface area (Å²) < 4.78 is 44.5. The maximum Gasteiger partial charge on any atom is 0.417 e. The topological polar surface area (TPSA) is 62.1 Å². The Morgan fingerprint density at radius 3 is 2.54 bits per heavy atom. The Hall–Kier alpha value is -2.23. The Kier molecular flexibility index (Phi) is 7.08. The van der Waals surface area contributed by atoms with Crippen molar-refractivity contribution in [3.05, 3.63) is 29.3 Å². The molecule has 1 rings (SSSR count). The zero-order valence-corrected chi connectivity index (χ0v) is 13.9. The molecule has 1 aromatic carbocycles. The number of carbonyl (C=O) groups is 1. The molecule has 0 spiro atoms. The van der Waals surface area contributed by atoms with Gasteiger partial charge in [-0.1, -0.05) is 20.8 Å². The Morgan fingerprint density at radius 2 is 2.04 bits per heavy atom.